The van der Waals surface area contributed by atoms with E-state index in [1.54, 1.807) is 37.5 Å². The second-order valence-corrected chi connectivity index (χ2v) is 11.7. The smallest absolute Gasteiger partial charge is 0.262 e. The van der Waals surface area contributed by atoms with Crippen LogP contribution in [0.2, 0.25) is 0 Å². The van der Waals surface area contributed by atoms with Crippen LogP contribution in [0.25, 0.3) is 28.3 Å². The quantitative estimate of drug-likeness (QED) is 0.163. The summed E-state index contributed by atoms with van der Waals surface area (Å²) in [5.74, 6) is 0.976. The zero-order valence-electron chi connectivity index (χ0n) is 25.6. The van der Waals surface area contributed by atoms with Gasteiger partial charge in [-0.05, 0) is 67.6 Å². The van der Waals surface area contributed by atoms with Crippen molar-refractivity contribution in [3.63, 3.8) is 0 Å². The highest BCUT2D eigenvalue weighted by Gasteiger charge is 2.22. The summed E-state index contributed by atoms with van der Waals surface area (Å²) < 4.78 is 7.17. The summed E-state index contributed by atoms with van der Waals surface area (Å²) in [4.78, 5) is 32.1. The van der Waals surface area contributed by atoms with Crippen LogP contribution in [0.5, 0.6) is 0 Å². The van der Waals surface area contributed by atoms with E-state index in [9.17, 15) is 14.9 Å². The third kappa shape index (κ3) is 7.47. The van der Waals surface area contributed by atoms with Crippen LogP contribution in [-0.2, 0) is 4.79 Å². The van der Waals surface area contributed by atoms with Gasteiger partial charge in [0.15, 0.2) is 5.16 Å². The first-order valence-electron chi connectivity index (χ1n) is 15.1. The topological polar surface area (TPSA) is 101 Å². The van der Waals surface area contributed by atoms with Crippen molar-refractivity contribution >= 4 is 17.7 Å². The van der Waals surface area contributed by atoms with Gasteiger partial charge in [-0.25, -0.2) is 4.98 Å². The summed E-state index contributed by atoms with van der Waals surface area (Å²) in [6, 6.07) is 19.1. The van der Waals surface area contributed by atoms with Gasteiger partial charge >= 0.3 is 0 Å². The van der Waals surface area contributed by atoms with E-state index in [0.717, 1.165) is 48.1 Å². The Bertz CT molecular complexity index is 1640. The van der Waals surface area contributed by atoms with Crippen LogP contribution < -0.4 is 10.9 Å². The number of nitrogens with zero attached hydrogens (tertiary/aromatic N) is 3. The normalized spacial score (nSPS) is 13.2. The summed E-state index contributed by atoms with van der Waals surface area (Å²) in [7, 11) is 0. The Morgan fingerprint density at radius 1 is 1.12 bits per heavy atom. The number of nitriles is 1. The predicted octanol–water partition coefficient (Wildman–Crippen LogP) is 8.03. The molecule has 0 unspecified atom stereocenters. The molecule has 1 N–H and O–H groups in total. The summed E-state index contributed by atoms with van der Waals surface area (Å²) in [6.45, 7) is 10.0. The molecule has 0 aliphatic heterocycles. The molecule has 0 saturated heterocycles. The number of carbonyl (C=O) groups excluding carboxylic acids is 1. The summed E-state index contributed by atoms with van der Waals surface area (Å²) in [6.07, 6.45) is 7.11. The molecule has 43 heavy (non-hydrogen) atoms. The highest BCUT2D eigenvalue weighted by molar-refractivity contribution is 7.99. The first-order valence-corrected chi connectivity index (χ1v) is 16.1. The number of aromatic nitrogens is 2. The van der Waals surface area contributed by atoms with Gasteiger partial charge in [-0.3, -0.25) is 14.2 Å². The number of hydrogen-bond acceptors (Lipinski definition) is 6. The Balaban J connectivity index is 0.00000207. The molecule has 8 heteroatoms. The Kier molecular flexibility index (Phi) is 11.0. The lowest BCUT2D eigenvalue weighted by Gasteiger charge is -2.23. The third-order valence-electron chi connectivity index (χ3n) is 7.55. The van der Waals surface area contributed by atoms with Gasteiger partial charge in [0.05, 0.1) is 35.0 Å². The Morgan fingerprint density at radius 3 is 2.56 bits per heavy atom. The molecule has 2 heterocycles. The number of rotatable bonds is 8. The standard InChI is InChI=1S/C33H34N4O3S.C2H6/c1-21(2)27-15-14-24(29-13-8-16-40-29)18-28(27)31-22(3)32(39)37(26-12-7-9-23(17-26)19-34)33(36-31)41-20-30(38)35-25-10-5-4-6-11-25;1-2/h7-9,12-18,21,25H,4-6,10-11,20H2,1-3H3,(H,35,38);1-2H3. The second kappa shape index (κ2) is 14.9. The number of amides is 1. The fourth-order valence-electron chi connectivity index (χ4n) is 5.39. The van der Waals surface area contributed by atoms with E-state index >= 15 is 0 Å². The molecule has 1 amide bonds. The van der Waals surface area contributed by atoms with Gasteiger partial charge < -0.3 is 9.73 Å². The molecule has 2 aromatic heterocycles. The molecule has 0 atom stereocenters. The Hall–Kier alpha value is -4.09. The molecular formula is C35H40N4O3S. The van der Waals surface area contributed by atoms with Gasteiger partial charge in [-0.15, -0.1) is 0 Å². The Morgan fingerprint density at radius 2 is 1.88 bits per heavy atom. The third-order valence-corrected chi connectivity index (χ3v) is 8.49. The zero-order valence-corrected chi connectivity index (χ0v) is 26.5. The fraction of sp³-hybridized carbons (Fsp3) is 0.371. The van der Waals surface area contributed by atoms with Crippen molar-refractivity contribution in [1.29, 1.82) is 5.26 Å². The highest BCUT2D eigenvalue weighted by Crippen LogP contribution is 2.35. The average molecular weight is 597 g/mol. The van der Waals surface area contributed by atoms with E-state index in [2.05, 4.69) is 31.3 Å². The van der Waals surface area contributed by atoms with Crippen molar-refractivity contribution in [1.82, 2.24) is 14.9 Å². The van der Waals surface area contributed by atoms with Gasteiger partial charge in [0.1, 0.15) is 5.76 Å². The van der Waals surface area contributed by atoms with E-state index in [1.165, 1.54) is 22.7 Å². The van der Waals surface area contributed by atoms with Gasteiger partial charge in [-0.1, -0.05) is 76.9 Å². The fourth-order valence-corrected chi connectivity index (χ4v) is 6.21. The van der Waals surface area contributed by atoms with Crippen LogP contribution in [0, 0.1) is 18.3 Å². The van der Waals surface area contributed by atoms with E-state index in [1.807, 2.05) is 38.1 Å². The molecule has 1 aliphatic carbocycles. The molecule has 1 aliphatic rings. The minimum absolute atomic E-state index is 0.0710. The van der Waals surface area contributed by atoms with Crippen molar-refractivity contribution in [3.8, 4) is 34.3 Å². The minimum Gasteiger partial charge on any atom is -0.464 e. The molecule has 2 aromatic carbocycles. The number of thioether (sulfide) groups is 1. The summed E-state index contributed by atoms with van der Waals surface area (Å²) in [5.41, 5.74) is 4.62. The number of furan rings is 1. The second-order valence-electron chi connectivity index (χ2n) is 10.8. The largest absolute Gasteiger partial charge is 0.464 e. The van der Waals surface area contributed by atoms with Gasteiger partial charge in [0.2, 0.25) is 5.91 Å². The lowest BCUT2D eigenvalue weighted by Crippen LogP contribution is -2.37. The van der Waals surface area contributed by atoms with Gasteiger partial charge in [0, 0.05) is 22.7 Å². The number of benzene rings is 2. The van der Waals surface area contributed by atoms with E-state index in [0.29, 0.717) is 27.7 Å². The number of hydrogen-bond donors (Lipinski definition) is 1. The lowest BCUT2D eigenvalue weighted by atomic mass is 9.91. The number of carbonyl (C=O) groups is 1. The Labute approximate surface area is 258 Å². The predicted molar refractivity (Wildman–Crippen MR) is 174 cm³/mol. The SMILES string of the molecule is CC.Cc1c(-c2cc(-c3ccco3)ccc2C(C)C)nc(SCC(=O)NC2CCCCC2)n(-c2cccc(C#N)c2)c1=O. The monoisotopic (exact) mass is 596 g/mol. The van der Waals surface area contributed by atoms with Crippen molar-refractivity contribution in [2.45, 2.75) is 83.8 Å². The van der Waals surface area contributed by atoms with Crippen LogP contribution in [0.1, 0.15) is 82.4 Å². The van der Waals surface area contributed by atoms with Crippen molar-refractivity contribution < 1.29 is 9.21 Å². The van der Waals surface area contributed by atoms with E-state index in [-0.39, 0.29) is 29.2 Å². The maximum atomic E-state index is 14.0. The molecule has 5 rings (SSSR count). The van der Waals surface area contributed by atoms with Crippen molar-refractivity contribution in [3.05, 3.63) is 87.9 Å². The average Bonchev–Trinajstić information content (AvgIpc) is 3.58. The van der Waals surface area contributed by atoms with Gasteiger partial charge in [0.25, 0.3) is 5.56 Å². The molecule has 4 aromatic rings. The van der Waals surface area contributed by atoms with Crippen molar-refractivity contribution in [2.75, 3.05) is 5.75 Å². The zero-order chi connectivity index (χ0) is 30.9. The van der Waals surface area contributed by atoms with Crippen LogP contribution in [0.3, 0.4) is 0 Å². The van der Waals surface area contributed by atoms with Crippen molar-refractivity contribution in [2.24, 2.45) is 0 Å². The molecule has 224 valence electrons. The molecule has 1 saturated carbocycles. The summed E-state index contributed by atoms with van der Waals surface area (Å²) in [5, 5.41) is 13.1. The molecule has 0 spiro atoms. The molecule has 1 fully saturated rings. The molecule has 0 bridgehead atoms. The summed E-state index contributed by atoms with van der Waals surface area (Å²) >= 11 is 1.24. The lowest BCUT2D eigenvalue weighted by molar-refractivity contribution is -0.119. The maximum Gasteiger partial charge on any atom is 0.262 e. The first kappa shape index (κ1) is 31.8. The van der Waals surface area contributed by atoms with Crippen LogP contribution >= 0.6 is 11.8 Å². The minimum atomic E-state index is -0.238. The highest BCUT2D eigenvalue weighted by atomic mass is 32.2. The van der Waals surface area contributed by atoms with Crippen LogP contribution in [0.4, 0.5) is 0 Å². The molecular weight excluding hydrogens is 556 g/mol. The van der Waals surface area contributed by atoms with Crippen LogP contribution in [0.15, 0.2) is 75.2 Å². The van der Waals surface area contributed by atoms with E-state index in [4.69, 9.17) is 9.40 Å². The van der Waals surface area contributed by atoms with E-state index < -0.39 is 0 Å². The first-order chi connectivity index (χ1) is 20.9. The maximum absolute atomic E-state index is 14.0. The van der Waals surface area contributed by atoms with Crippen LogP contribution in [-0.4, -0.2) is 27.3 Å². The molecule has 0 radical (unpaired) electrons. The molecule has 7 nitrogen and oxygen atoms in total. The van der Waals surface area contributed by atoms with Gasteiger partial charge in [-0.2, -0.15) is 5.26 Å². The number of nitrogens with one attached hydrogen (secondary N) is 1.